The number of rotatable bonds is 5. The lowest BCUT2D eigenvalue weighted by Crippen LogP contribution is -2.58. The lowest BCUT2D eigenvalue weighted by Gasteiger charge is -2.43. The minimum atomic E-state index is -0.488. The maximum Gasteiger partial charge on any atom is 0.262 e. The van der Waals surface area contributed by atoms with E-state index in [1.54, 1.807) is 31.3 Å². The van der Waals surface area contributed by atoms with E-state index in [9.17, 15) is 4.79 Å². The highest BCUT2D eigenvalue weighted by molar-refractivity contribution is 7.80. The van der Waals surface area contributed by atoms with Crippen molar-refractivity contribution in [2.24, 2.45) is 0 Å². The number of anilines is 1. The van der Waals surface area contributed by atoms with E-state index in [1.165, 1.54) is 0 Å². The zero-order valence-corrected chi connectivity index (χ0v) is 20.6. The average molecular weight is 507 g/mol. The average Bonchev–Trinajstić information content (AvgIpc) is 2.89. The van der Waals surface area contributed by atoms with Gasteiger partial charge in [-0.15, -0.1) is 0 Å². The van der Waals surface area contributed by atoms with Crippen LogP contribution in [-0.2, 0) is 4.79 Å². The molecule has 0 saturated carbocycles. The first-order valence-corrected chi connectivity index (χ1v) is 11.7. The predicted octanol–water partition coefficient (Wildman–Crippen LogP) is 4.42. The molecule has 0 radical (unpaired) electrons. The standard InChI is InChI=1S/C26H23ClN4O3S/c1-33-19-11-3-15(4-12-19)22-21-23(30-26(35)28-22)29-24(16-5-13-20(34-2)14-6-16)31(25(21)32)18-9-7-17(27)8-10-18/h3-14,22,24,29H,1-2H3,(H2,28,30,35)/t22-,24-/m1/s1. The molecule has 178 valence electrons. The number of halogens is 1. The number of nitrogens with one attached hydrogen (secondary N) is 3. The van der Waals surface area contributed by atoms with Gasteiger partial charge in [-0.1, -0.05) is 35.9 Å². The molecular weight excluding hydrogens is 484 g/mol. The Kier molecular flexibility index (Phi) is 6.23. The fourth-order valence-electron chi connectivity index (χ4n) is 4.29. The van der Waals surface area contributed by atoms with Gasteiger partial charge in [-0.05, 0) is 71.9 Å². The van der Waals surface area contributed by atoms with Crippen molar-refractivity contribution in [1.82, 2.24) is 16.0 Å². The molecule has 0 saturated heterocycles. The molecule has 3 aromatic rings. The lowest BCUT2D eigenvalue weighted by atomic mass is 9.93. The lowest BCUT2D eigenvalue weighted by molar-refractivity contribution is -0.116. The van der Waals surface area contributed by atoms with Crippen LogP contribution in [0.25, 0.3) is 0 Å². The monoisotopic (exact) mass is 506 g/mol. The summed E-state index contributed by atoms with van der Waals surface area (Å²) in [5.41, 5.74) is 3.01. The summed E-state index contributed by atoms with van der Waals surface area (Å²) >= 11 is 11.6. The Bertz CT molecular complexity index is 1290. The molecule has 0 spiro atoms. The van der Waals surface area contributed by atoms with Crippen LogP contribution in [0.1, 0.15) is 23.3 Å². The Balaban J connectivity index is 1.62. The fraction of sp³-hybridized carbons (Fsp3) is 0.154. The van der Waals surface area contributed by atoms with Crippen molar-refractivity contribution in [1.29, 1.82) is 0 Å². The van der Waals surface area contributed by atoms with Gasteiger partial charge in [-0.25, -0.2) is 0 Å². The molecule has 2 atom stereocenters. The first-order chi connectivity index (χ1) is 17.0. The quantitative estimate of drug-likeness (QED) is 0.442. The summed E-state index contributed by atoms with van der Waals surface area (Å²) in [6.45, 7) is 0. The number of methoxy groups -OCH3 is 2. The number of carbonyl (C=O) groups is 1. The number of thiocarbonyl (C=S) groups is 1. The number of amides is 1. The van der Waals surface area contributed by atoms with Gasteiger partial charge in [0.15, 0.2) is 5.11 Å². The summed E-state index contributed by atoms with van der Waals surface area (Å²) < 4.78 is 10.6. The van der Waals surface area contributed by atoms with Crippen LogP contribution in [0.5, 0.6) is 11.5 Å². The molecule has 0 aliphatic carbocycles. The number of carbonyl (C=O) groups excluding carboxylic acids is 1. The molecule has 0 aromatic heterocycles. The van der Waals surface area contributed by atoms with Crippen molar-refractivity contribution in [3.8, 4) is 11.5 Å². The molecule has 2 aliphatic rings. The SMILES string of the molecule is COc1ccc([C@H]2NC(=S)NC3=C2C(=O)N(c2ccc(Cl)cc2)[C@H](c2ccc(OC)cc2)N3)cc1. The van der Waals surface area contributed by atoms with Gasteiger partial charge in [-0.3, -0.25) is 9.69 Å². The second kappa shape index (κ2) is 9.48. The third-order valence-electron chi connectivity index (χ3n) is 6.05. The fourth-order valence-corrected chi connectivity index (χ4v) is 4.64. The van der Waals surface area contributed by atoms with Crippen molar-refractivity contribution in [3.63, 3.8) is 0 Å². The van der Waals surface area contributed by atoms with E-state index in [2.05, 4.69) is 16.0 Å². The van der Waals surface area contributed by atoms with Gasteiger partial charge >= 0.3 is 0 Å². The molecule has 9 heteroatoms. The highest BCUT2D eigenvalue weighted by Crippen LogP contribution is 2.38. The van der Waals surface area contributed by atoms with Crippen LogP contribution in [-0.4, -0.2) is 25.2 Å². The zero-order chi connectivity index (χ0) is 24.5. The largest absolute Gasteiger partial charge is 0.497 e. The first-order valence-electron chi connectivity index (χ1n) is 10.9. The topological polar surface area (TPSA) is 74.9 Å². The molecule has 3 N–H and O–H groups in total. The number of hydrogen-bond donors (Lipinski definition) is 3. The molecule has 35 heavy (non-hydrogen) atoms. The van der Waals surface area contributed by atoms with Crippen LogP contribution in [0.3, 0.4) is 0 Å². The normalized spacial score (nSPS) is 19.3. The van der Waals surface area contributed by atoms with Gasteiger partial charge in [0, 0.05) is 10.7 Å². The molecule has 0 unspecified atom stereocenters. The zero-order valence-electron chi connectivity index (χ0n) is 19.0. The van der Waals surface area contributed by atoms with Gasteiger partial charge in [-0.2, -0.15) is 0 Å². The van der Waals surface area contributed by atoms with E-state index in [0.717, 1.165) is 22.6 Å². The van der Waals surface area contributed by atoms with Crippen LogP contribution in [0.15, 0.2) is 84.2 Å². The number of benzene rings is 3. The molecule has 5 rings (SSSR count). The van der Waals surface area contributed by atoms with E-state index in [-0.39, 0.29) is 5.91 Å². The predicted molar refractivity (Wildman–Crippen MR) is 139 cm³/mol. The second-order valence-electron chi connectivity index (χ2n) is 8.06. The van der Waals surface area contributed by atoms with E-state index in [0.29, 0.717) is 27.2 Å². The third-order valence-corrected chi connectivity index (χ3v) is 6.52. The Labute approximate surface area is 213 Å². The Morgan fingerprint density at radius 3 is 1.97 bits per heavy atom. The summed E-state index contributed by atoms with van der Waals surface area (Å²) in [6, 6.07) is 21.9. The number of ether oxygens (including phenoxy) is 2. The summed E-state index contributed by atoms with van der Waals surface area (Å²) in [4.78, 5) is 15.9. The minimum absolute atomic E-state index is 0.162. The second-order valence-corrected chi connectivity index (χ2v) is 8.91. The van der Waals surface area contributed by atoms with Crippen LogP contribution in [0.4, 0.5) is 5.69 Å². The molecule has 2 aliphatic heterocycles. The summed E-state index contributed by atoms with van der Waals surface area (Å²) in [5, 5.41) is 10.9. The van der Waals surface area contributed by atoms with Crippen LogP contribution in [0, 0.1) is 0 Å². The van der Waals surface area contributed by atoms with Crippen molar-refractivity contribution in [2.75, 3.05) is 19.1 Å². The maximum absolute atomic E-state index is 14.2. The maximum atomic E-state index is 14.2. The number of nitrogens with zero attached hydrogens (tertiary/aromatic N) is 1. The van der Waals surface area contributed by atoms with Crippen molar-refractivity contribution in [2.45, 2.75) is 12.2 Å². The molecule has 0 bridgehead atoms. The van der Waals surface area contributed by atoms with Crippen LogP contribution >= 0.6 is 23.8 Å². The van der Waals surface area contributed by atoms with E-state index < -0.39 is 12.2 Å². The minimum Gasteiger partial charge on any atom is -0.497 e. The van der Waals surface area contributed by atoms with Gasteiger partial charge in [0.2, 0.25) is 0 Å². The van der Waals surface area contributed by atoms with Gasteiger partial charge in [0.25, 0.3) is 5.91 Å². The third kappa shape index (κ3) is 4.38. The molecular formula is C26H23ClN4O3S. The van der Waals surface area contributed by atoms with Gasteiger partial charge in [0.1, 0.15) is 23.5 Å². The van der Waals surface area contributed by atoms with Crippen LogP contribution in [0.2, 0.25) is 5.02 Å². The summed E-state index contributed by atoms with van der Waals surface area (Å²) in [6.07, 6.45) is -0.488. The highest BCUT2D eigenvalue weighted by Gasteiger charge is 2.42. The molecule has 0 fully saturated rings. The molecule has 2 heterocycles. The Morgan fingerprint density at radius 1 is 0.829 bits per heavy atom. The van der Waals surface area contributed by atoms with Crippen molar-refractivity contribution in [3.05, 3.63) is 100 Å². The summed E-state index contributed by atoms with van der Waals surface area (Å²) in [7, 11) is 3.24. The Hall–Kier alpha value is -3.75. The van der Waals surface area contributed by atoms with Crippen molar-refractivity contribution < 1.29 is 14.3 Å². The summed E-state index contributed by atoms with van der Waals surface area (Å²) in [5.74, 6) is 1.88. The van der Waals surface area contributed by atoms with E-state index in [1.807, 2.05) is 60.7 Å². The smallest absolute Gasteiger partial charge is 0.262 e. The van der Waals surface area contributed by atoms with Gasteiger partial charge in [0.05, 0.1) is 25.8 Å². The highest BCUT2D eigenvalue weighted by atomic mass is 35.5. The van der Waals surface area contributed by atoms with E-state index >= 15 is 0 Å². The number of hydrogen-bond acceptors (Lipinski definition) is 5. The molecule has 1 amide bonds. The van der Waals surface area contributed by atoms with Crippen LogP contribution < -0.4 is 30.3 Å². The van der Waals surface area contributed by atoms with E-state index in [4.69, 9.17) is 33.3 Å². The Morgan fingerprint density at radius 2 is 1.40 bits per heavy atom. The molecule has 3 aromatic carbocycles. The van der Waals surface area contributed by atoms with Gasteiger partial charge < -0.3 is 25.4 Å². The molecule has 7 nitrogen and oxygen atoms in total. The first kappa shape index (κ1) is 23.0. The van der Waals surface area contributed by atoms with Crippen molar-refractivity contribution >= 4 is 40.5 Å².